The van der Waals surface area contributed by atoms with Crippen molar-refractivity contribution in [1.82, 2.24) is 20.0 Å². The monoisotopic (exact) mass is 341 g/mol. The van der Waals surface area contributed by atoms with E-state index >= 15 is 0 Å². The number of hydrogen-bond donors (Lipinski definition) is 2. The Labute approximate surface area is 147 Å². The second-order valence-electron chi connectivity index (χ2n) is 6.33. The average Bonchev–Trinajstić information content (AvgIpc) is 2.96. The van der Waals surface area contributed by atoms with E-state index in [4.69, 9.17) is 0 Å². The van der Waals surface area contributed by atoms with Gasteiger partial charge in [-0.2, -0.15) is 0 Å². The molecular weight excluding hydrogens is 318 g/mol. The highest BCUT2D eigenvalue weighted by molar-refractivity contribution is 5.89. The number of benzene rings is 1. The number of carbonyl (C=O) groups excluding carboxylic acids is 2. The lowest BCUT2D eigenvalue weighted by Crippen LogP contribution is -2.47. The molecule has 1 aromatic heterocycles. The minimum absolute atomic E-state index is 0.0232. The van der Waals surface area contributed by atoms with Crippen molar-refractivity contribution < 1.29 is 9.59 Å². The maximum Gasteiger partial charge on any atom is 0.323 e. The highest BCUT2D eigenvalue weighted by atomic mass is 16.2. The van der Waals surface area contributed by atoms with Crippen molar-refractivity contribution in [2.45, 2.75) is 32.7 Å². The Kier molecular flexibility index (Phi) is 5.02. The number of hydrogen-bond acceptors (Lipinski definition) is 3. The topological polar surface area (TPSA) is 79.3 Å². The lowest BCUT2D eigenvalue weighted by atomic mass is 10.1. The van der Waals surface area contributed by atoms with Crippen LogP contribution in [-0.2, 0) is 4.79 Å². The van der Waals surface area contributed by atoms with Crippen molar-refractivity contribution in [3.63, 3.8) is 0 Å². The molecule has 0 atom stereocenters. The first kappa shape index (κ1) is 17.0. The van der Waals surface area contributed by atoms with Gasteiger partial charge in [-0.1, -0.05) is 18.2 Å². The fourth-order valence-electron chi connectivity index (χ4n) is 2.99. The number of amides is 3. The van der Waals surface area contributed by atoms with Crippen LogP contribution in [0.3, 0.4) is 0 Å². The molecule has 1 fully saturated rings. The Hall–Kier alpha value is -2.83. The summed E-state index contributed by atoms with van der Waals surface area (Å²) in [5, 5.41) is 10.3. The predicted molar refractivity (Wildman–Crippen MR) is 95.7 cm³/mol. The molecule has 2 heterocycles. The van der Waals surface area contributed by atoms with Gasteiger partial charge in [0.05, 0.1) is 5.69 Å². The van der Waals surface area contributed by atoms with E-state index in [1.807, 2.05) is 43.5 Å². The molecule has 0 bridgehead atoms. The molecule has 0 spiro atoms. The molecule has 25 heavy (non-hydrogen) atoms. The third-order valence-electron chi connectivity index (χ3n) is 4.33. The first-order valence-electron chi connectivity index (χ1n) is 8.47. The third-order valence-corrected chi connectivity index (χ3v) is 4.33. The molecule has 0 saturated carbocycles. The number of piperidine rings is 1. The van der Waals surface area contributed by atoms with Crippen LogP contribution in [-0.4, -0.2) is 45.8 Å². The lowest BCUT2D eigenvalue weighted by Gasteiger charge is -2.32. The van der Waals surface area contributed by atoms with E-state index in [9.17, 15) is 9.59 Å². The molecule has 1 aliphatic rings. The van der Waals surface area contributed by atoms with Crippen LogP contribution in [0.25, 0.3) is 5.69 Å². The van der Waals surface area contributed by atoms with Gasteiger partial charge in [-0.15, -0.1) is 5.10 Å². The normalized spacial score (nSPS) is 15.0. The minimum atomic E-state index is -0.150. The van der Waals surface area contributed by atoms with Crippen molar-refractivity contribution in [3.05, 3.63) is 42.1 Å². The Bertz CT molecular complexity index is 748. The molecule has 1 aromatic carbocycles. The second kappa shape index (κ2) is 7.38. The number of para-hydroxylation sites is 1. The van der Waals surface area contributed by atoms with E-state index in [0.29, 0.717) is 18.9 Å². The van der Waals surface area contributed by atoms with Gasteiger partial charge >= 0.3 is 6.03 Å². The van der Waals surface area contributed by atoms with Crippen LogP contribution in [0.4, 0.5) is 10.6 Å². The molecule has 7 nitrogen and oxygen atoms in total. The summed E-state index contributed by atoms with van der Waals surface area (Å²) in [6, 6.07) is 9.78. The van der Waals surface area contributed by atoms with Gasteiger partial charge in [0.2, 0.25) is 5.91 Å². The van der Waals surface area contributed by atoms with E-state index in [1.54, 1.807) is 9.58 Å². The number of aryl methyl sites for hydroxylation is 1. The SMILES string of the molecule is CC(=O)NC1CCN(C(=O)Nc2nn(-c3ccccc3)cc2C)CC1. The minimum Gasteiger partial charge on any atom is -0.353 e. The molecule has 3 rings (SSSR count). The summed E-state index contributed by atoms with van der Waals surface area (Å²) in [5.41, 5.74) is 1.85. The molecule has 1 saturated heterocycles. The summed E-state index contributed by atoms with van der Waals surface area (Å²) in [7, 11) is 0. The molecule has 0 radical (unpaired) electrons. The average molecular weight is 341 g/mol. The van der Waals surface area contributed by atoms with Gasteiger partial charge in [-0.25, -0.2) is 9.48 Å². The first-order valence-corrected chi connectivity index (χ1v) is 8.47. The van der Waals surface area contributed by atoms with Crippen LogP contribution in [0, 0.1) is 6.92 Å². The van der Waals surface area contributed by atoms with Gasteiger partial charge in [-0.3, -0.25) is 10.1 Å². The largest absolute Gasteiger partial charge is 0.353 e. The van der Waals surface area contributed by atoms with Crippen LogP contribution < -0.4 is 10.6 Å². The first-order chi connectivity index (χ1) is 12.0. The number of likely N-dealkylation sites (tertiary alicyclic amines) is 1. The zero-order valence-electron chi connectivity index (χ0n) is 14.5. The number of urea groups is 1. The van der Waals surface area contributed by atoms with Gasteiger partial charge in [-0.05, 0) is 31.9 Å². The molecule has 2 aromatic rings. The zero-order chi connectivity index (χ0) is 17.8. The number of aromatic nitrogens is 2. The fourth-order valence-corrected chi connectivity index (χ4v) is 2.99. The summed E-state index contributed by atoms with van der Waals surface area (Å²) < 4.78 is 1.76. The summed E-state index contributed by atoms with van der Waals surface area (Å²) in [5.74, 6) is 0.544. The van der Waals surface area contributed by atoms with Gasteiger partial charge in [0.25, 0.3) is 0 Å². The van der Waals surface area contributed by atoms with Crippen molar-refractivity contribution in [2.24, 2.45) is 0 Å². The van der Waals surface area contributed by atoms with Gasteiger partial charge < -0.3 is 10.2 Å². The number of nitrogens with one attached hydrogen (secondary N) is 2. The summed E-state index contributed by atoms with van der Waals surface area (Å²) >= 11 is 0. The number of rotatable bonds is 3. The second-order valence-corrected chi connectivity index (χ2v) is 6.33. The summed E-state index contributed by atoms with van der Waals surface area (Å²) in [6.07, 6.45) is 3.43. The van der Waals surface area contributed by atoms with Crippen molar-refractivity contribution >= 4 is 17.8 Å². The van der Waals surface area contributed by atoms with E-state index < -0.39 is 0 Å². The van der Waals surface area contributed by atoms with Crippen LogP contribution in [0.1, 0.15) is 25.3 Å². The lowest BCUT2D eigenvalue weighted by molar-refractivity contribution is -0.119. The molecular formula is C18H23N5O2. The Morgan fingerprint density at radius 3 is 2.48 bits per heavy atom. The Balaban J connectivity index is 1.60. The maximum atomic E-state index is 12.5. The van der Waals surface area contributed by atoms with E-state index in [0.717, 1.165) is 24.1 Å². The molecule has 0 unspecified atom stereocenters. The third kappa shape index (κ3) is 4.17. The quantitative estimate of drug-likeness (QED) is 0.899. The molecule has 0 aliphatic carbocycles. The molecule has 132 valence electrons. The van der Waals surface area contributed by atoms with Crippen LogP contribution in [0.5, 0.6) is 0 Å². The van der Waals surface area contributed by atoms with E-state index in [2.05, 4.69) is 15.7 Å². The van der Waals surface area contributed by atoms with Gasteiger partial charge in [0, 0.05) is 37.8 Å². The smallest absolute Gasteiger partial charge is 0.323 e. The number of anilines is 1. The van der Waals surface area contributed by atoms with Crippen LogP contribution in [0.15, 0.2) is 36.5 Å². The maximum absolute atomic E-state index is 12.5. The molecule has 3 amide bonds. The molecule has 1 aliphatic heterocycles. The van der Waals surface area contributed by atoms with E-state index in [1.165, 1.54) is 6.92 Å². The van der Waals surface area contributed by atoms with Crippen LogP contribution in [0.2, 0.25) is 0 Å². The summed E-state index contributed by atoms with van der Waals surface area (Å²) in [6.45, 7) is 4.68. The van der Waals surface area contributed by atoms with Crippen LogP contribution >= 0.6 is 0 Å². The van der Waals surface area contributed by atoms with Crippen molar-refractivity contribution in [3.8, 4) is 5.69 Å². The highest BCUT2D eigenvalue weighted by Crippen LogP contribution is 2.17. The van der Waals surface area contributed by atoms with Gasteiger partial charge in [0.1, 0.15) is 0 Å². The fraction of sp³-hybridized carbons (Fsp3) is 0.389. The Morgan fingerprint density at radius 1 is 1.16 bits per heavy atom. The number of carbonyl (C=O) groups is 2. The highest BCUT2D eigenvalue weighted by Gasteiger charge is 2.24. The molecule has 7 heteroatoms. The van der Waals surface area contributed by atoms with Crippen molar-refractivity contribution in [2.75, 3.05) is 18.4 Å². The Morgan fingerprint density at radius 2 is 1.84 bits per heavy atom. The van der Waals surface area contributed by atoms with Gasteiger partial charge in [0.15, 0.2) is 5.82 Å². The predicted octanol–water partition coefficient (Wildman–Crippen LogP) is 2.31. The van der Waals surface area contributed by atoms with E-state index in [-0.39, 0.29) is 18.0 Å². The standard InChI is InChI=1S/C18H23N5O2/c1-13-12-23(16-6-4-3-5-7-16)21-17(13)20-18(25)22-10-8-15(9-11-22)19-14(2)24/h3-7,12,15H,8-11H2,1-2H3,(H,19,24)(H,20,21,25). The number of nitrogens with zero attached hydrogens (tertiary/aromatic N) is 3. The zero-order valence-corrected chi connectivity index (χ0v) is 14.5. The van der Waals surface area contributed by atoms with Crippen molar-refractivity contribution in [1.29, 1.82) is 0 Å². The summed E-state index contributed by atoms with van der Waals surface area (Å²) in [4.78, 5) is 25.3. The molecule has 2 N–H and O–H groups in total.